The minimum atomic E-state index is -5.12. The lowest BCUT2D eigenvalue weighted by atomic mass is 9.97. The smallest absolute Gasteiger partial charge is 0.341 e. The number of hydrogen-bond donors (Lipinski definition) is 0. The van der Waals surface area contributed by atoms with Crippen molar-refractivity contribution in [3.8, 4) is 0 Å². The molecule has 1 heterocycles. The van der Waals surface area contributed by atoms with E-state index in [-0.39, 0.29) is 11.5 Å². The average Bonchev–Trinajstić information content (AvgIpc) is 3.13. The highest BCUT2D eigenvalue weighted by atomic mass is 19.4. The maximum atomic E-state index is 13.2. The van der Waals surface area contributed by atoms with E-state index in [1.54, 1.807) is 24.3 Å². The fraction of sp³-hybridized carbons (Fsp3) is 0.192. The molecule has 34 heavy (non-hydrogen) atoms. The minimum absolute atomic E-state index is 0.0923. The van der Waals surface area contributed by atoms with Crippen molar-refractivity contribution in [1.82, 2.24) is 4.57 Å². The van der Waals surface area contributed by atoms with Crippen LogP contribution >= 0.6 is 0 Å². The fourth-order valence-electron chi connectivity index (χ4n) is 4.01. The van der Waals surface area contributed by atoms with Crippen molar-refractivity contribution in [3.63, 3.8) is 0 Å². The molecule has 0 aliphatic heterocycles. The van der Waals surface area contributed by atoms with Gasteiger partial charge in [0.1, 0.15) is 0 Å². The zero-order chi connectivity index (χ0) is 24.6. The molecule has 174 valence electrons. The molecule has 4 aromatic rings. The Morgan fingerprint density at radius 1 is 0.941 bits per heavy atom. The van der Waals surface area contributed by atoms with Gasteiger partial charge in [-0.3, -0.25) is 4.79 Å². The first-order valence-electron chi connectivity index (χ1n) is 10.6. The van der Waals surface area contributed by atoms with E-state index in [9.17, 15) is 22.8 Å². The second kappa shape index (κ2) is 8.78. The molecule has 1 aromatic heterocycles. The number of nitrogens with zero attached hydrogens (tertiary/aromatic N) is 2. The molecular weight excluding hydrogens is 445 g/mol. The average molecular weight is 466 g/mol. The van der Waals surface area contributed by atoms with E-state index < -0.39 is 12.1 Å². The number of carbonyl (C=O) groups is 2. The predicted octanol–water partition coefficient (Wildman–Crippen LogP) is 6.18. The van der Waals surface area contributed by atoms with Gasteiger partial charge < -0.3 is 9.40 Å². The van der Waals surface area contributed by atoms with Gasteiger partial charge in [-0.25, -0.2) is 4.79 Å². The van der Waals surface area contributed by atoms with Crippen LogP contribution in [-0.4, -0.2) is 28.2 Å². The van der Waals surface area contributed by atoms with E-state index in [1.165, 1.54) is 6.92 Å². The Balaban J connectivity index is 1.81. The van der Waals surface area contributed by atoms with Gasteiger partial charge in [0.05, 0.1) is 5.71 Å². The number of hydrogen-bond acceptors (Lipinski definition) is 4. The Kier molecular flexibility index (Phi) is 6.00. The van der Waals surface area contributed by atoms with Crippen molar-refractivity contribution in [1.29, 1.82) is 0 Å². The quantitative estimate of drug-likeness (QED) is 0.153. The van der Waals surface area contributed by atoms with Crippen molar-refractivity contribution < 1.29 is 27.6 Å². The number of fused-ring (bicyclic) bond motifs is 3. The normalized spacial score (nSPS) is 12.4. The van der Waals surface area contributed by atoms with Gasteiger partial charge in [-0.05, 0) is 62.2 Å². The van der Waals surface area contributed by atoms with Gasteiger partial charge in [0.15, 0.2) is 5.78 Å². The number of aryl methyl sites for hydroxylation is 2. The Labute approximate surface area is 193 Å². The molecule has 0 aliphatic carbocycles. The van der Waals surface area contributed by atoms with Crippen LogP contribution in [0.1, 0.15) is 40.9 Å². The van der Waals surface area contributed by atoms with Crippen LogP contribution in [0.25, 0.3) is 21.8 Å². The molecule has 0 fully saturated rings. The van der Waals surface area contributed by atoms with Crippen molar-refractivity contribution >= 4 is 39.3 Å². The summed E-state index contributed by atoms with van der Waals surface area (Å²) in [5.41, 5.74) is 4.47. The maximum absolute atomic E-state index is 13.2. The highest BCUT2D eigenvalue weighted by molar-refractivity contribution is 6.16. The molecule has 0 aliphatic rings. The van der Waals surface area contributed by atoms with E-state index in [0.29, 0.717) is 23.2 Å². The predicted molar refractivity (Wildman–Crippen MR) is 124 cm³/mol. The molecule has 0 radical (unpaired) electrons. The number of rotatable bonds is 5. The first-order valence-corrected chi connectivity index (χ1v) is 10.6. The molecule has 0 bridgehead atoms. The molecular formula is C26H21F3N2O3. The first kappa shape index (κ1) is 23.2. The van der Waals surface area contributed by atoms with Gasteiger partial charge in [0, 0.05) is 39.5 Å². The monoisotopic (exact) mass is 466 g/mol. The minimum Gasteiger partial charge on any atom is -0.341 e. The molecule has 3 aromatic carbocycles. The van der Waals surface area contributed by atoms with Gasteiger partial charge in [-0.2, -0.15) is 13.2 Å². The number of ketones is 1. The van der Waals surface area contributed by atoms with Gasteiger partial charge in [-0.15, -0.1) is 0 Å². The molecule has 0 N–H and O–H groups in total. The molecule has 0 unspecified atom stereocenters. The number of halogens is 3. The highest BCUT2D eigenvalue weighted by Gasteiger charge is 2.41. The van der Waals surface area contributed by atoms with E-state index >= 15 is 0 Å². The summed E-state index contributed by atoms with van der Waals surface area (Å²) >= 11 is 0. The van der Waals surface area contributed by atoms with Crippen molar-refractivity contribution in [2.24, 2.45) is 5.16 Å². The van der Waals surface area contributed by atoms with Crippen LogP contribution in [0.4, 0.5) is 13.2 Å². The lowest BCUT2D eigenvalue weighted by Gasteiger charge is -2.06. The Hall–Kier alpha value is -3.94. The van der Waals surface area contributed by atoms with Crippen LogP contribution in [0.2, 0.25) is 0 Å². The summed E-state index contributed by atoms with van der Waals surface area (Å²) in [4.78, 5) is 28.2. The van der Waals surface area contributed by atoms with Crippen LogP contribution in [0.3, 0.4) is 0 Å². The number of benzene rings is 3. The number of alkyl halides is 3. The lowest BCUT2D eigenvalue weighted by molar-refractivity contribution is -0.199. The molecule has 4 rings (SSSR count). The SMILES string of the molecule is CCn1c2ccc(C(=O)c3ccccc3C)cc2c2cc(/C(C)=N/OC(=O)C(F)(F)F)ccc21. The third-order valence-corrected chi connectivity index (χ3v) is 5.75. The topological polar surface area (TPSA) is 60.7 Å². The molecule has 5 nitrogen and oxygen atoms in total. The van der Waals surface area contributed by atoms with E-state index in [2.05, 4.69) is 14.6 Å². The van der Waals surface area contributed by atoms with E-state index in [0.717, 1.165) is 27.4 Å². The molecule has 0 spiro atoms. The van der Waals surface area contributed by atoms with Crippen LogP contribution in [0, 0.1) is 6.92 Å². The zero-order valence-corrected chi connectivity index (χ0v) is 18.7. The molecule has 0 saturated heterocycles. The standard InChI is InChI=1S/C26H21F3N2O3/c1-4-31-22-11-9-17(16(3)30-34-25(33)26(27,28)29)13-20(22)21-14-18(10-12-23(21)31)24(32)19-8-6-5-7-15(19)2/h5-14H,4H2,1-3H3/b30-16+. The lowest BCUT2D eigenvalue weighted by Crippen LogP contribution is -2.24. The fourth-order valence-corrected chi connectivity index (χ4v) is 4.01. The molecule has 0 atom stereocenters. The summed E-state index contributed by atoms with van der Waals surface area (Å²) in [6, 6.07) is 18.2. The van der Waals surface area contributed by atoms with Gasteiger partial charge in [0.25, 0.3) is 0 Å². The summed E-state index contributed by atoms with van der Waals surface area (Å²) in [6.07, 6.45) is -5.12. The molecule has 0 amide bonds. The third kappa shape index (κ3) is 4.19. The van der Waals surface area contributed by atoms with Crippen LogP contribution in [0.5, 0.6) is 0 Å². The summed E-state index contributed by atoms with van der Waals surface area (Å²) in [5.74, 6) is -2.47. The van der Waals surface area contributed by atoms with Crippen LogP contribution in [0.15, 0.2) is 65.8 Å². The summed E-state index contributed by atoms with van der Waals surface area (Å²) in [5, 5.41) is 5.00. The number of aromatic nitrogens is 1. The second-order valence-electron chi connectivity index (χ2n) is 7.91. The number of carbonyl (C=O) groups excluding carboxylic acids is 2. The van der Waals surface area contributed by atoms with Crippen molar-refractivity contribution in [2.75, 3.05) is 0 Å². The summed E-state index contributed by atoms with van der Waals surface area (Å²) < 4.78 is 39.3. The van der Waals surface area contributed by atoms with Crippen LogP contribution in [-0.2, 0) is 16.2 Å². The van der Waals surface area contributed by atoms with Gasteiger partial charge in [-0.1, -0.05) is 35.5 Å². The largest absolute Gasteiger partial charge is 0.493 e. The summed E-state index contributed by atoms with van der Waals surface area (Å²) in [6.45, 7) is 6.02. The Morgan fingerprint density at radius 2 is 1.53 bits per heavy atom. The molecule has 0 saturated carbocycles. The highest BCUT2D eigenvalue weighted by Crippen LogP contribution is 2.31. The number of oxime groups is 1. The van der Waals surface area contributed by atoms with Crippen molar-refractivity contribution in [2.45, 2.75) is 33.5 Å². The van der Waals surface area contributed by atoms with E-state index in [4.69, 9.17) is 0 Å². The molecule has 8 heteroatoms. The van der Waals surface area contributed by atoms with Gasteiger partial charge >= 0.3 is 12.1 Å². The van der Waals surface area contributed by atoms with Crippen molar-refractivity contribution in [3.05, 3.63) is 82.9 Å². The maximum Gasteiger partial charge on any atom is 0.493 e. The Bertz CT molecular complexity index is 1470. The Morgan fingerprint density at radius 3 is 2.12 bits per heavy atom. The second-order valence-corrected chi connectivity index (χ2v) is 7.91. The third-order valence-electron chi connectivity index (χ3n) is 5.75. The van der Waals surface area contributed by atoms with E-state index in [1.807, 2.05) is 50.2 Å². The van der Waals surface area contributed by atoms with Crippen LogP contribution < -0.4 is 0 Å². The zero-order valence-electron chi connectivity index (χ0n) is 18.7. The summed E-state index contributed by atoms with van der Waals surface area (Å²) in [7, 11) is 0. The first-order chi connectivity index (χ1) is 16.1. The van der Waals surface area contributed by atoms with Gasteiger partial charge in [0.2, 0.25) is 0 Å².